The molecule has 2 aromatic carbocycles. The fourth-order valence-corrected chi connectivity index (χ4v) is 4.22. The molecule has 0 saturated carbocycles. The van der Waals surface area contributed by atoms with Crippen molar-refractivity contribution >= 4 is 21.6 Å². The molecule has 0 radical (unpaired) electrons. The molecule has 2 aromatic rings. The van der Waals surface area contributed by atoms with E-state index in [-0.39, 0.29) is 23.9 Å². The number of amides is 1. The molecule has 1 N–H and O–H groups in total. The lowest BCUT2D eigenvalue weighted by atomic mass is 10.0. The van der Waals surface area contributed by atoms with E-state index in [0.717, 1.165) is 11.3 Å². The number of hydrogen-bond acceptors (Lipinski definition) is 3. The number of nitrogens with zero attached hydrogens (tertiary/aromatic N) is 1. The zero-order valence-electron chi connectivity index (χ0n) is 16.6. The molecule has 0 fully saturated rings. The Labute approximate surface area is 162 Å². The van der Waals surface area contributed by atoms with Gasteiger partial charge in [-0.3, -0.25) is 4.79 Å². The highest BCUT2D eigenvalue weighted by Crippen LogP contribution is 2.20. The van der Waals surface area contributed by atoms with Crippen LogP contribution in [0.3, 0.4) is 0 Å². The van der Waals surface area contributed by atoms with E-state index in [2.05, 4.69) is 18.6 Å². The lowest BCUT2D eigenvalue weighted by molar-refractivity contribution is -0.116. The van der Waals surface area contributed by atoms with Crippen molar-refractivity contribution in [3.63, 3.8) is 0 Å². The Morgan fingerprint density at radius 2 is 1.70 bits per heavy atom. The Morgan fingerprint density at radius 3 is 2.26 bits per heavy atom. The number of rotatable bonds is 7. The van der Waals surface area contributed by atoms with E-state index in [1.165, 1.54) is 12.5 Å². The summed E-state index contributed by atoms with van der Waals surface area (Å²) in [5.74, 6) is 0.285. The van der Waals surface area contributed by atoms with Gasteiger partial charge in [0, 0.05) is 25.7 Å². The second kappa shape index (κ2) is 8.67. The Kier molecular flexibility index (Phi) is 6.78. The minimum absolute atomic E-state index is 0.127. The molecular formula is C21H28N2O3S. The van der Waals surface area contributed by atoms with Gasteiger partial charge in [0.2, 0.25) is 15.9 Å². The number of aryl methyl sites for hydroxylation is 2. The quantitative estimate of drug-likeness (QED) is 0.785. The highest BCUT2D eigenvalue weighted by Gasteiger charge is 2.18. The first-order valence-electron chi connectivity index (χ1n) is 9.07. The largest absolute Gasteiger partial charge is 0.311 e. The third-order valence-corrected chi connectivity index (χ3v) is 6.12. The molecule has 0 heterocycles. The lowest BCUT2D eigenvalue weighted by Gasteiger charge is -2.22. The summed E-state index contributed by atoms with van der Waals surface area (Å²) >= 11 is 0. The van der Waals surface area contributed by atoms with Crippen LogP contribution < -0.4 is 9.62 Å². The average molecular weight is 389 g/mol. The molecule has 0 bridgehead atoms. The van der Waals surface area contributed by atoms with Gasteiger partial charge >= 0.3 is 0 Å². The normalized spacial score (nSPS) is 11.6. The molecular weight excluding hydrogens is 360 g/mol. The molecule has 2 rings (SSSR count). The van der Waals surface area contributed by atoms with E-state index in [9.17, 15) is 13.2 Å². The summed E-state index contributed by atoms with van der Waals surface area (Å²) < 4.78 is 27.8. The highest BCUT2D eigenvalue weighted by atomic mass is 32.2. The first-order chi connectivity index (χ1) is 12.6. The zero-order valence-corrected chi connectivity index (χ0v) is 17.4. The van der Waals surface area contributed by atoms with Crippen molar-refractivity contribution in [3.05, 3.63) is 59.2 Å². The van der Waals surface area contributed by atoms with Crippen LogP contribution in [0.25, 0.3) is 0 Å². The van der Waals surface area contributed by atoms with Crippen molar-refractivity contribution in [1.29, 1.82) is 0 Å². The second-order valence-corrected chi connectivity index (χ2v) is 8.82. The van der Waals surface area contributed by atoms with Gasteiger partial charge in [-0.05, 0) is 54.7 Å². The SMILES string of the molecule is CC(=O)N(CCNS(=O)(=O)c1cc(C)ccc1C)c1ccc(C(C)C)cc1. The molecule has 0 unspecified atom stereocenters. The Balaban J connectivity index is 2.10. The van der Waals surface area contributed by atoms with E-state index in [1.807, 2.05) is 37.3 Å². The van der Waals surface area contributed by atoms with E-state index < -0.39 is 10.0 Å². The highest BCUT2D eigenvalue weighted by molar-refractivity contribution is 7.89. The molecule has 0 spiro atoms. The molecule has 0 aliphatic heterocycles. The van der Waals surface area contributed by atoms with Gasteiger partial charge in [0.15, 0.2) is 0 Å². The van der Waals surface area contributed by atoms with E-state index in [0.29, 0.717) is 11.5 Å². The van der Waals surface area contributed by atoms with Gasteiger partial charge in [0.05, 0.1) is 4.90 Å². The van der Waals surface area contributed by atoms with Crippen molar-refractivity contribution in [2.24, 2.45) is 0 Å². The summed E-state index contributed by atoms with van der Waals surface area (Å²) in [5.41, 5.74) is 3.54. The first kappa shape index (κ1) is 21.1. The number of benzene rings is 2. The fourth-order valence-electron chi connectivity index (χ4n) is 2.87. The van der Waals surface area contributed by atoms with Gasteiger partial charge in [-0.25, -0.2) is 13.1 Å². The lowest BCUT2D eigenvalue weighted by Crippen LogP contribution is -2.37. The van der Waals surface area contributed by atoms with Crippen LogP contribution in [-0.4, -0.2) is 27.4 Å². The molecule has 0 atom stereocenters. The summed E-state index contributed by atoms with van der Waals surface area (Å²) in [6.45, 7) is 9.74. The van der Waals surface area contributed by atoms with Crippen molar-refractivity contribution < 1.29 is 13.2 Å². The van der Waals surface area contributed by atoms with Gasteiger partial charge in [-0.1, -0.05) is 38.1 Å². The maximum absolute atomic E-state index is 12.6. The third kappa shape index (κ3) is 5.40. The fraction of sp³-hybridized carbons (Fsp3) is 0.381. The molecule has 5 nitrogen and oxygen atoms in total. The standard InChI is InChI=1S/C21H28N2O3S/c1-15(2)19-8-10-20(11-9-19)23(18(5)24)13-12-22-27(25,26)21-14-16(3)6-7-17(21)4/h6-11,14-15,22H,12-13H2,1-5H3. The predicted octanol–water partition coefficient (Wildman–Crippen LogP) is 3.76. The number of hydrogen-bond donors (Lipinski definition) is 1. The number of nitrogens with one attached hydrogen (secondary N) is 1. The van der Waals surface area contributed by atoms with Crippen LogP contribution in [0.1, 0.15) is 43.4 Å². The van der Waals surface area contributed by atoms with Gasteiger partial charge < -0.3 is 4.90 Å². The molecule has 27 heavy (non-hydrogen) atoms. The topological polar surface area (TPSA) is 66.5 Å². The summed E-state index contributed by atoms with van der Waals surface area (Å²) in [7, 11) is -3.62. The van der Waals surface area contributed by atoms with E-state index in [4.69, 9.17) is 0 Å². The van der Waals surface area contributed by atoms with Gasteiger partial charge in [0.1, 0.15) is 0 Å². The number of anilines is 1. The minimum atomic E-state index is -3.62. The van der Waals surface area contributed by atoms with Crippen LogP contribution in [0.2, 0.25) is 0 Å². The summed E-state index contributed by atoms with van der Waals surface area (Å²) in [6.07, 6.45) is 0. The monoisotopic (exact) mass is 388 g/mol. The Hall–Kier alpha value is -2.18. The second-order valence-electron chi connectivity index (χ2n) is 7.08. The zero-order chi connectivity index (χ0) is 20.2. The van der Waals surface area contributed by atoms with Crippen molar-refractivity contribution in [1.82, 2.24) is 4.72 Å². The van der Waals surface area contributed by atoms with Crippen LogP contribution >= 0.6 is 0 Å². The number of carbonyl (C=O) groups is 1. The molecule has 0 aromatic heterocycles. The smallest absolute Gasteiger partial charge is 0.240 e. The summed E-state index contributed by atoms with van der Waals surface area (Å²) in [5, 5.41) is 0. The molecule has 0 aliphatic rings. The van der Waals surface area contributed by atoms with Crippen LogP contribution in [0.4, 0.5) is 5.69 Å². The molecule has 0 aliphatic carbocycles. The summed E-state index contributed by atoms with van der Waals surface area (Å²) in [6, 6.07) is 13.1. The van der Waals surface area contributed by atoms with Gasteiger partial charge in [0.25, 0.3) is 0 Å². The van der Waals surface area contributed by atoms with Crippen LogP contribution in [-0.2, 0) is 14.8 Å². The average Bonchev–Trinajstić information content (AvgIpc) is 2.60. The maximum atomic E-state index is 12.6. The Bertz CT molecular complexity index is 904. The number of sulfonamides is 1. The van der Waals surface area contributed by atoms with Gasteiger partial charge in [-0.15, -0.1) is 0 Å². The maximum Gasteiger partial charge on any atom is 0.240 e. The van der Waals surface area contributed by atoms with E-state index in [1.54, 1.807) is 24.0 Å². The first-order valence-corrected chi connectivity index (χ1v) is 10.5. The van der Waals surface area contributed by atoms with Crippen molar-refractivity contribution in [2.45, 2.75) is 45.4 Å². The molecule has 1 amide bonds. The molecule has 6 heteroatoms. The Morgan fingerprint density at radius 1 is 1.07 bits per heavy atom. The van der Waals surface area contributed by atoms with Crippen LogP contribution in [0.5, 0.6) is 0 Å². The molecule has 0 saturated heterocycles. The molecule has 146 valence electrons. The number of carbonyl (C=O) groups excluding carboxylic acids is 1. The van der Waals surface area contributed by atoms with Gasteiger partial charge in [-0.2, -0.15) is 0 Å². The predicted molar refractivity (Wildman–Crippen MR) is 110 cm³/mol. The third-order valence-electron chi connectivity index (χ3n) is 4.51. The van der Waals surface area contributed by atoms with Crippen molar-refractivity contribution in [3.8, 4) is 0 Å². The van der Waals surface area contributed by atoms with E-state index >= 15 is 0 Å². The van der Waals surface area contributed by atoms with Crippen molar-refractivity contribution in [2.75, 3.05) is 18.0 Å². The van der Waals surface area contributed by atoms with Crippen LogP contribution in [0, 0.1) is 13.8 Å². The van der Waals surface area contributed by atoms with Crippen LogP contribution in [0.15, 0.2) is 47.4 Å². The summed E-state index contributed by atoms with van der Waals surface area (Å²) in [4.78, 5) is 13.9. The minimum Gasteiger partial charge on any atom is -0.311 e.